The Morgan fingerprint density at radius 1 is 1.29 bits per heavy atom. The number of aromatic nitrogens is 1. The molecule has 126 valence electrons. The van der Waals surface area contributed by atoms with Crippen molar-refractivity contribution in [3.8, 4) is 5.88 Å². The lowest BCUT2D eigenvalue weighted by molar-refractivity contribution is 0.232. The molecule has 1 aliphatic rings. The maximum Gasteiger partial charge on any atom is 0.213 e. The number of pyridine rings is 1. The molecule has 1 aromatic carbocycles. The summed E-state index contributed by atoms with van der Waals surface area (Å²) in [6.45, 7) is 5.63. The molecular formula is C19H24N4O. The summed E-state index contributed by atoms with van der Waals surface area (Å²) in [5.41, 5.74) is 3.71. The highest BCUT2D eigenvalue weighted by Gasteiger charge is 2.22. The van der Waals surface area contributed by atoms with Gasteiger partial charge in [-0.25, -0.2) is 4.98 Å². The second-order valence-corrected chi connectivity index (χ2v) is 6.10. The Balaban J connectivity index is 1.63. The van der Waals surface area contributed by atoms with Gasteiger partial charge in [-0.1, -0.05) is 24.3 Å². The van der Waals surface area contributed by atoms with Crippen molar-refractivity contribution in [2.45, 2.75) is 32.9 Å². The number of benzene rings is 1. The van der Waals surface area contributed by atoms with E-state index in [0.29, 0.717) is 12.4 Å². The first-order valence-electron chi connectivity index (χ1n) is 8.35. The van der Waals surface area contributed by atoms with E-state index in [0.717, 1.165) is 24.5 Å². The zero-order valence-electron chi connectivity index (χ0n) is 14.5. The molecule has 5 heteroatoms. The molecule has 0 unspecified atom stereocenters. The molecule has 0 aliphatic carbocycles. The maximum atomic E-state index is 5.57. The van der Waals surface area contributed by atoms with Crippen LogP contribution in [0.2, 0.25) is 0 Å². The molecule has 0 saturated carbocycles. The van der Waals surface area contributed by atoms with Gasteiger partial charge in [-0.05, 0) is 37.5 Å². The van der Waals surface area contributed by atoms with Gasteiger partial charge in [-0.2, -0.15) is 0 Å². The van der Waals surface area contributed by atoms with Gasteiger partial charge in [-0.3, -0.25) is 4.99 Å². The van der Waals surface area contributed by atoms with Crippen molar-refractivity contribution in [2.75, 3.05) is 18.5 Å². The highest BCUT2D eigenvalue weighted by atomic mass is 16.5. The van der Waals surface area contributed by atoms with E-state index in [4.69, 9.17) is 4.74 Å². The number of hydrogen-bond donors (Lipinski definition) is 1. The fourth-order valence-corrected chi connectivity index (χ4v) is 2.86. The molecule has 0 amide bonds. The average molecular weight is 324 g/mol. The number of para-hydroxylation sites is 1. The normalized spacial score (nSPS) is 14.0. The van der Waals surface area contributed by atoms with Crippen LogP contribution in [0.5, 0.6) is 5.88 Å². The lowest BCUT2D eigenvalue weighted by atomic mass is 10.2. The number of anilines is 1. The van der Waals surface area contributed by atoms with Crippen molar-refractivity contribution in [3.05, 3.63) is 53.7 Å². The van der Waals surface area contributed by atoms with E-state index in [1.165, 1.54) is 11.3 Å². The van der Waals surface area contributed by atoms with Crippen LogP contribution in [0, 0.1) is 0 Å². The summed E-state index contributed by atoms with van der Waals surface area (Å²) in [5, 5.41) is 3.42. The molecule has 0 spiro atoms. The molecule has 0 atom stereocenters. The summed E-state index contributed by atoms with van der Waals surface area (Å²) in [6, 6.07) is 12.4. The number of ether oxygens (including phenoxy) is 1. The summed E-state index contributed by atoms with van der Waals surface area (Å²) < 4.78 is 5.57. The summed E-state index contributed by atoms with van der Waals surface area (Å²) in [4.78, 5) is 11.0. The standard InChI is InChI=1S/C19H24N4O/c1-14(2)24-18-9-8-15(12-21-18)13-22-19(20-3)23-11-10-16-6-4-5-7-17(16)23/h4-9,12,14H,10-11,13H2,1-3H3,(H,20,22). The van der Waals surface area contributed by atoms with Crippen molar-refractivity contribution >= 4 is 11.6 Å². The first-order chi connectivity index (χ1) is 11.7. The molecule has 24 heavy (non-hydrogen) atoms. The Labute approximate surface area is 143 Å². The number of nitrogens with one attached hydrogen (secondary N) is 1. The SMILES string of the molecule is CN=C(NCc1ccc(OC(C)C)nc1)N1CCc2ccccc21. The van der Waals surface area contributed by atoms with E-state index in [1.54, 1.807) is 0 Å². The van der Waals surface area contributed by atoms with Crippen molar-refractivity contribution < 1.29 is 4.74 Å². The van der Waals surface area contributed by atoms with E-state index in [2.05, 4.69) is 44.5 Å². The highest BCUT2D eigenvalue weighted by molar-refractivity contribution is 5.97. The van der Waals surface area contributed by atoms with Gasteiger partial charge in [-0.15, -0.1) is 0 Å². The molecule has 0 bridgehead atoms. The minimum absolute atomic E-state index is 0.135. The van der Waals surface area contributed by atoms with Crippen LogP contribution in [-0.4, -0.2) is 30.6 Å². The fourth-order valence-electron chi connectivity index (χ4n) is 2.86. The molecule has 5 nitrogen and oxygen atoms in total. The van der Waals surface area contributed by atoms with Gasteiger partial charge in [0, 0.05) is 38.1 Å². The molecule has 0 radical (unpaired) electrons. The van der Waals surface area contributed by atoms with Gasteiger partial charge >= 0.3 is 0 Å². The lowest BCUT2D eigenvalue weighted by Gasteiger charge is -2.22. The van der Waals surface area contributed by atoms with Gasteiger partial charge in [0.2, 0.25) is 5.88 Å². The van der Waals surface area contributed by atoms with Crippen LogP contribution in [0.1, 0.15) is 25.0 Å². The van der Waals surface area contributed by atoms with Crippen LogP contribution in [0.15, 0.2) is 47.6 Å². The molecule has 1 aromatic heterocycles. The summed E-state index contributed by atoms with van der Waals surface area (Å²) in [6.07, 6.45) is 3.03. The number of aliphatic imine (C=N–C) groups is 1. The number of guanidine groups is 1. The van der Waals surface area contributed by atoms with Crippen molar-refractivity contribution in [1.29, 1.82) is 0 Å². The zero-order valence-corrected chi connectivity index (χ0v) is 14.5. The predicted octanol–water partition coefficient (Wildman–Crippen LogP) is 3.01. The molecule has 2 heterocycles. The summed E-state index contributed by atoms with van der Waals surface area (Å²) in [5.74, 6) is 1.55. The lowest BCUT2D eigenvalue weighted by Crippen LogP contribution is -2.40. The Kier molecular flexibility index (Phi) is 4.99. The average Bonchev–Trinajstić information content (AvgIpc) is 3.01. The number of fused-ring (bicyclic) bond motifs is 1. The van der Waals surface area contributed by atoms with Crippen LogP contribution >= 0.6 is 0 Å². The predicted molar refractivity (Wildman–Crippen MR) is 97.7 cm³/mol. The van der Waals surface area contributed by atoms with Crippen LogP contribution in [0.4, 0.5) is 5.69 Å². The summed E-state index contributed by atoms with van der Waals surface area (Å²) >= 11 is 0. The molecule has 3 rings (SSSR count). The third-order valence-corrected chi connectivity index (χ3v) is 3.96. The van der Waals surface area contributed by atoms with E-state index >= 15 is 0 Å². The first kappa shape index (κ1) is 16.3. The number of nitrogens with zero attached hydrogens (tertiary/aromatic N) is 3. The van der Waals surface area contributed by atoms with E-state index in [1.807, 2.05) is 39.2 Å². The third kappa shape index (κ3) is 3.67. The highest BCUT2D eigenvalue weighted by Crippen LogP contribution is 2.27. The van der Waals surface area contributed by atoms with Crippen molar-refractivity contribution in [2.24, 2.45) is 4.99 Å². The quantitative estimate of drug-likeness (QED) is 0.694. The Hall–Kier alpha value is -2.56. The van der Waals surface area contributed by atoms with Gasteiger partial charge in [0.1, 0.15) is 0 Å². The second kappa shape index (κ2) is 7.34. The zero-order chi connectivity index (χ0) is 16.9. The molecule has 1 aliphatic heterocycles. The maximum absolute atomic E-state index is 5.57. The van der Waals surface area contributed by atoms with Crippen LogP contribution < -0.4 is 15.0 Å². The monoisotopic (exact) mass is 324 g/mol. The molecular weight excluding hydrogens is 300 g/mol. The molecule has 0 saturated heterocycles. The van der Waals surface area contributed by atoms with Crippen LogP contribution in [0.25, 0.3) is 0 Å². The van der Waals surface area contributed by atoms with Gasteiger partial charge in [0.15, 0.2) is 5.96 Å². The summed E-state index contributed by atoms with van der Waals surface area (Å²) in [7, 11) is 1.82. The van der Waals surface area contributed by atoms with E-state index < -0.39 is 0 Å². The Bertz CT molecular complexity index is 710. The largest absolute Gasteiger partial charge is 0.475 e. The van der Waals surface area contributed by atoms with Crippen molar-refractivity contribution in [3.63, 3.8) is 0 Å². The Morgan fingerprint density at radius 3 is 2.83 bits per heavy atom. The molecule has 1 N–H and O–H groups in total. The number of rotatable bonds is 4. The molecule has 2 aromatic rings. The van der Waals surface area contributed by atoms with Gasteiger partial charge in [0.25, 0.3) is 0 Å². The Morgan fingerprint density at radius 2 is 2.12 bits per heavy atom. The third-order valence-electron chi connectivity index (χ3n) is 3.96. The topological polar surface area (TPSA) is 49.8 Å². The minimum atomic E-state index is 0.135. The smallest absolute Gasteiger partial charge is 0.213 e. The minimum Gasteiger partial charge on any atom is -0.475 e. The van der Waals surface area contributed by atoms with Gasteiger partial charge in [0.05, 0.1) is 6.10 Å². The van der Waals surface area contributed by atoms with Gasteiger partial charge < -0.3 is 15.0 Å². The fraction of sp³-hybridized carbons (Fsp3) is 0.368. The van der Waals surface area contributed by atoms with Crippen LogP contribution in [0.3, 0.4) is 0 Å². The van der Waals surface area contributed by atoms with E-state index in [-0.39, 0.29) is 6.10 Å². The first-order valence-corrected chi connectivity index (χ1v) is 8.35. The van der Waals surface area contributed by atoms with E-state index in [9.17, 15) is 0 Å². The van der Waals surface area contributed by atoms with Crippen LogP contribution in [-0.2, 0) is 13.0 Å². The number of hydrogen-bond acceptors (Lipinski definition) is 3. The second-order valence-electron chi connectivity index (χ2n) is 6.10. The molecule has 0 fully saturated rings. The van der Waals surface area contributed by atoms with Crippen molar-refractivity contribution in [1.82, 2.24) is 10.3 Å².